The zero-order valence-corrected chi connectivity index (χ0v) is 18.2. The minimum absolute atomic E-state index is 0.000899. The number of rotatable bonds is 5. The highest BCUT2D eigenvalue weighted by atomic mass is 35.5. The number of hydrogen-bond donors (Lipinski definition) is 2. The van der Waals surface area contributed by atoms with Crippen LogP contribution < -0.4 is 15.4 Å². The molecule has 0 aliphatic carbocycles. The second-order valence-corrected chi connectivity index (χ2v) is 9.18. The molecule has 0 unspecified atom stereocenters. The Balaban J connectivity index is 1.98. The Kier molecular flexibility index (Phi) is 7.60. The first-order valence-corrected chi connectivity index (χ1v) is 11.1. The van der Waals surface area contributed by atoms with Gasteiger partial charge in [0.15, 0.2) is 0 Å². The number of carbonyl (C=O) groups is 2. The molecule has 0 bridgehead atoms. The molecule has 0 aliphatic rings. The van der Waals surface area contributed by atoms with Crippen LogP contribution in [0.25, 0.3) is 0 Å². The van der Waals surface area contributed by atoms with Crippen molar-refractivity contribution in [2.24, 2.45) is 5.14 Å². The first-order valence-electron chi connectivity index (χ1n) is 7.47. The number of hydrogen-bond acceptors (Lipinski definition) is 5. The van der Waals surface area contributed by atoms with E-state index in [1.54, 1.807) is 12.1 Å². The van der Waals surface area contributed by atoms with E-state index in [0.717, 1.165) is 17.8 Å². The molecule has 150 valence electrons. The van der Waals surface area contributed by atoms with Gasteiger partial charge in [-0.1, -0.05) is 46.6 Å². The second kappa shape index (κ2) is 9.34. The van der Waals surface area contributed by atoms with Gasteiger partial charge in [0.1, 0.15) is 0 Å². The fourth-order valence-electron chi connectivity index (χ4n) is 2.03. The van der Waals surface area contributed by atoms with Crippen molar-refractivity contribution in [3.63, 3.8) is 0 Å². The van der Waals surface area contributed by atoms with Crippen LogP contribution >= 0.6 is 46.6 Å². The van der Waals surface area contributed by atoms with Crippen molar-refractivity contribution in [2.75, 3.05) is 23.0 Å². The van der Waals surface area contributed by atoms with Crippen LogP contribution in [0, 0.1) is 0 Å². The maximum atomic E-state index is 12.3. The van der Waals surface area contributed by atoms with E-state index in [2.05, 4.69) is 5.32 Å². The molecular weight excluding hydrogens is 469 g/mol. The molecule has 3 N–H and O–H groups in total. The second-order valence-electron chi connectivity index (χ2n) is 5.44. The summed E-state index contributed by atoms with van der Waals surface area (Å²) in [6, 6.07) is 8.34. The molecule has 2 aromatic rings. The van der Waals surface area contributed by atoms with Crippen molar-refractivity contribution < 1.29 is 18.0 Å². The Morgan fingerprint density at radius 1 is 1.11 bits per heavy atom. The monoisotopic (exact) mass is 481 g/mol. The number of primary sulfonamides is 1. The fraction of sp³-hybridized carbons (Fsp3) is 0.125. The van der Waals surface area contributed by atoms with Crippen molar-refractivity contribution >= 4 is 79.1 Å². The predicted molar refractivity (Wildman–Crippen MR) is 114 cm³/mol. The van der Waals surface area contributed by atoms with Crippen LogP contribution in [-0.4, -0.2) is 32.4 Å². The van der Waals surface area contributed by atoms with Crippen LogP contribution in [-0.2, 0) is 14.8 Å². The van der Waals surface area contributed by atoms with Gasteiger partial charge < -0.3 is 10.2 Å². The highest BCUT2D eigenvalue weighted by Gasteiger charge is 2.17. The van der Waals surface area contributed by atoms with Crippen molar-refractivity contribution in [2.45, 2.75) is 4.90 Å². The fourth-order valence-corrected chi connectivity index (χ4v) is 3.89. The third-order valence-electron chi connectivity index (χ3n) is 3.41. The predicted octanol–water partition coefficient (Wildman–Crippen LogP) is 4.22. The summed E-state index contributed by atoms with van der Waals surface area (Å²) in [4.78, 5) is 25.5. The molecule has 0 saturated carbocycles. The summed E-state index contributed by atoms with van der Waals surface area (Å²) >= 11 is 18.7. The minimum Gasteiger partial charge on any atom is -0.324 e. The number of halogens is 3. The summed E-state index contributed by atoms with van der Waals surface area (Å²) in [5, 5.41) is 7.85. The molecule has 0 fully saturated rings. The van der Waals surface area contributed by atoms with E-state index >= 15 is 0 Å². The standard InChI is InChI=1S/C16H14Cl3N3O4S2/c1-22(14-6-9(17)2-4-11(14)18)16(24)27-8-15(23)21-13-5-3-10(7-12(13)19)28(20,25)26/h2-7H,8H2,1H3,(H,21,23)(H2,20,25,26). The summed E-state index contributed by atoms with van der Waals surface area (Å²) in [5.41, 5.74) is 0.604. The first kappa shape index (κ1) is 22.8. The molecule has 0 aliphatic heterocycles. The number of thioether (sulfide) groups is 1. The Morgan fingerprint density at radius 3 is 2.39 bits per heavy atom. The zero-order valence-electron chi connectivity index (χ0n) is 14.3. The van der Waals surface area contributed by atoms with Gasteiger partial charge in [0.2, 0.25) is 15.9 Å². The Labute approximate surface area is 181 Å². The maximum absolute atomic E-state index is 12.3. The molecule has 2 aromatic carbocycles. The third kappa shape index (κ3) is 6.00. The summed E-state index contributed by atoms with van der Waals surface area (Å²) in [7, 11) is -2.40. The highest BCUT2D eigenvalue weighted by molar-refractivity contribution is 8.14. The van der Waals surface area contributed by atoms with E-state index in [-0.39, 0.29) is 21.4 Å². The SMILES string of the molecule is CN(C(=O)SCC(=O)Nc1ccc(S(N)(=O)=O)cc1Cl)c1cc(Cl)ccc1Cl. The average Bonchev–Trinajstić information content (AvgIpc) is 2.62. The van der Waals surface area contributed by atoms with Crippen LogP contribution in [0.5, 0.6) is 0 Å². The molecule has 2 rings (SSSR count). The van der Waals surface area contributed by atoms with Gasteiger partial charge in [-0.15, -0.1) is 0 Å². The highest BCUT2D eigenvalue weighted by Crippen LogP contribution is 2.30. The minimum atomic E-state index is -3.91. The van der Waals surface area contributed by atoms with Crippen LogP contribution in [0.4, 0.5) is 16.2 Å². The number of nitrogens with zero attached hydrogens (tertiary/aromatic N) is 1. The number of nitrogens with two attached hydrogens (primary N) is 1. The van der Waals surface area contributed by atoms with Gasteiger partial charge >= 0.3 is 0 Å². The summed E-state index contributed by atoms with van der Waals surface area (Å²) in [5.74, 6) is -0.705. The van der Waals surface area contributed by atoms with E-state index < -0.39 is 21.2 Å². The molecule has 0 heterocycles. The normalized spacial score (nSPS) is 11.2. The Hall–Kier alpha value is -1.49. The van der Waals surface area contributed by atoms with Gasteiger partial charge in [-0.05, 0) is 36.4 Å². The number of nitrogens with one attached hydrogen (secondary N) is 1. The van der Waals surface area contributed by atoms with Crippen LogP contribution in [0.2, 0.25) is 15.1 Å². The van der Waals surface area contributed by atoms with Crippen LogP contribution in [0.1, 0.15) is 0 Å². The lowest BCUT2D eigenvalue weighted by atomic mass is 10.3. The largest absolute Gasteiger partial charge is 0.324 e. The lowest BCUT2D eigenvalue weighted by Crippen LogP contribution is -2.24. The average molecular weight is 483 g/mol. The van der Waals surface area contributed by atoms with Gasteiger partial charge in [0.05, 0.1) is 32.1 Å². The van der Waals surface area contributed by atoms with Crippen LogP contribution in [0.3, 0.4) is 0 Å². The molecule has 28 heavy (non-hydrogen) atoms. The Morgan fingerprint density at radius 2 is 1.79 bits per heavy atom. The molecule has 0 spiro atoms. The molecule has 2 amide bonds. The molecule has 0 aromatic heterocycles. The molecule has 7 nitrogen and oxygen atoms in total. The van der Waals surface area contributed by atoms with E-state index in [4.69, 9.17) is 39.9 Å². The van der Waals surface area contributed by atoms with Crippen molar-refractivity contribution in [1.29, 1.82) is 0 Å². The number of carbonyl (C=O) groups excluding carboxylic acids is 2. The maximum Gasteiger partial charge on any atom is 0.286 e. The zero-order chi connectivity index (χ0) is 21.1. The first-order chi connectivity index (χ1) is 13.0. The molecule has 0 radical (unpaired) electrons. The number of amides is 2. The topological polar surface area (TPSA) is 110 Å². The van der Waals surface area contributed by atoms with Gasteiger partial charge in [-0.3, -0.25) is 9.59 Å². The summed E-state index contributed by atoms with van der Waals surface area (Å²) < 4.78 is 22.6. The van der Waals surface area contributed by atoms with E-state index in [1.807, 2.05) is 0 Å². The molecule has 0 saturated heterocycles. The lowest BCUT2D eigenvalue weighted by molar-refractivity contribution is -0.113. The Bertz CT molecular complexity index is 1030. The molecular formula is C16H14Cl3N3O4S2. The van der Waals surface area contributed by atoms with Gasteiger partial charge in [-0.25, -0.2) is 13.6 Å². The number of anilines is 2. The summed E-state index contributed by atoms with van der Waals surface area (Å²) in [6.07, 6.45) is 0. The van der Waals surface area contributed by atoms with Crippen LogP contribution in [0.15, 0.2) is 41.3 Å². The quantitative estimate of drug-likeness (QED) is 0.663. The number of benzene rings is 2. The van der Waals surface area contributed by atoms with Gasteiger partial charge in [0, 0.05) is 12.1 Å². The van der Waals surface area contributed by atoms with Crippen molar-refractivity contribution in [3.8, 4) is 0 Å². The van der Waals surface area contributed by atoms with E-state index in [1.165, 1.54) is 30.1 Å². The third-order valence-corrected chi connectivity index (χ3v) is 6.12. The van der Waals surface area contributed by atoms with E-state index in [0.29, 0.717) is 15.7 Å². The smallest absolute Gasteiger partial charge is 0.286 e. The van der Waals surface area contributed by atoms with E-state index in [9.17, 15) is 18.0 Å². The lowest BCUT2D eigenvalue weighted by Gasteiger charge is -2.18. The number of sulfonamides is 1. The van der Waals surface area contributed by atoms with Gasteiger partial charge in [0.25, 0.3) is 5.24 Å². The molecule has 0 atom stereocenters. The summed E-state index contributed by atoms with van der Waals surface area (Å²) in [6.45, 7) is 0. The molecule has 12 heteroatoms. The van der Waals surface area contributed by atoms with Gasteiger partial charge in [-0.2, -0.15) is 0 Å². The van der Waals surface area contributed by atoms with Crippen molar-refractivity contribution in [3.05, 3.63) is 51.5 Å². The van der Waals surface area contributed by atoms with Crippen molar-refractivity contribution in [1.82, 2.24) is 0 Å².